The predicted octanol–water partition coefficient (Wildman–Crippen LogP) is 2.85. The lowest BCUT2D eigenvalue weighted by atomic mass is 10.1. The van der Waals surface area contributed by atoms with Gasteiger partial charge >= 0.3 is 6.18 Å². The van der Waals surface area contributed by atoms with Crippen molar-refractivity contribution in [2.24, 2.45) is 0 Å². The summed E-state index contributed by atoms with van der Waals surface area (Å²) in [5.41, 5.74) is -3.21. The normalized spacial score (nSPS) is 11.9. The minimum atomic E-state index is -4.87. The predicted molar refractivity (Wildman–Crippen MR) is 39.6 cm³/mol. The van der Waals surface area contributed by atoms with Gasteiger partial charge in [-0.05, 0) is 6.07 Å². The van der Waals surface area contributed by atoms with Crippen LogP contribution in [-0.4, -0.2) is 11.3 Å². The van der Waals surface area contributed by atoms with E-state index in [-0.39, 0.29) is 12.4 Å². The maximum absolute atomic E-state index is 12.2. The molecule has 0 N–H and O–H groups in total. The molecule has 0 aromatic carbocycles. The van der Waals surface area contributed by atoms with Gasteiger partial charge in [0.2, 0.25) is 0 Å². The molecule has 82 valence electrons. The van der Waals surface area contributed by atoms with Crippen molar-refractivity contribution in [1.29, 1.82) is 0 Å². The summed E-state index contributed by atoms with van der Waals surface area (Å²) in [5, 5.41) is 0. The van der Waals surface area contributed by atoms with Crippen molar-refractivity contribution in [3.05, 3.63) is 29.1 Å². The average molecular weight is 225 g/mol. The number of aldehydes is 1. The maximum Gasteiger partial charge on any atom is 0.418 e. The molecule has 0 aliphatic carbocycles. The van der Waals surface area contributed by atoms with Crippen molar-refractivity contribution in [3.63, 3.8) is 0 Å². The fraction of sp³-hybridized carbons (Fsp3) is 0.250. The fourth-order valence-electron chi connectivity index (χ4n) is 0.932. The number of hydrogen-bond acceptors (Lipinski definition) is 2. The van der Waals surface area contributed by atoms with E-state index in [1.807, 2.05) is 0 Å². The van der Waals surface area contributed by atoms with Gasteiger partial charge < -0.3 is 0 Å². The number of pyridine rings is 1. The minimum Gasteiger partial charge on any atom is -0.296 e. The van der Waals surface area contributed by atoms with Gasteiger partial charge in [0.05, 0.1) is 5.56 Å². The van der Waals surface area contributed by atoms with Crippen LogP contribution in [0, 0.1) is 0 Å². The molecule has 0 aliphatic heterocycles. The van der Waals surface area contributed by atoms with Gasteiger partial charge in [0.15, 0.2) is 6.29 Å². The van der Waals surface area contributed by atoms with Gasteiger partial charge in [0, 0.05) is 11.8 Å². The molecule has 1 heterocycles. The summed E-state index contributed by atoms with van der Waals surface area (Å²) in [6.07, 6.45) is -7.50. The minimum absolute atomic E-state index is 0.127. The summed E-state index contributed by atoms with van der Waals surface area (Å²) in [6, 6.07) is 0.224. The van der Waals surface area contributed by atoms with Gasteiger partial charge in [-0.2, -0.15) is 13.2 Å². The van der Waals surface area contributed by atoms with Crippen molar-refractivity contribution in [2.45, 2.75) is 12.6 Å². The Morgan fingerprint density at radius 2 is 1.93 bits per heavy atom. The van der Waals surface area contributed by atoms with Gasteiger partial charge in [-0.25, -0.2) is 8.78 Å². The molecule has 7 heteroatoms. The molecular weight excluding hydrogens is 221 g/mol. The lowest BCUT2D eigenvalue weighted by Gasteiger charge is -2.09. The highest BCUT2D eigenvalue weighted by molar-refractivity contribution is 5.74. The molecule has 0 radical (unpaired) electrons. The topological polar surface area (TPSA) is 30.0 Å². The van der Waals surface area contributed by atoms with E-state index >= 15 is 0 Å². The average Bonchev–Trinajstić information content (AvgIpc) is 2.15. The largest absolute Gasteiger partial charge is 0.418 e. The molecule has 0 bridgehead atoms. The molecule has 0 spiro atoms. The van der Waals surface area contributed by atoms with Crippen molar-refractivity contribution in [1.82, 2.24) is 4.98 Å². The van der Waals surface area contributed by atoms with Crippen LogP contribution in [0.3, 0.4) is 0 Å². The highest BCUT2D eigenvalue weighted by Gasteiger charge is 2.35. The van der Waals surface area contributed by atoms with Crippen LogP contribution in [0.5, 0.6) is 0 Å². The monoisotopic (exact) mass is 225 g/mol. The molecule has 0 fully saturated rings. The van der Waals surface area contributed by atoms with Crippen LogP contribution in [0.2, 0.25) is 0 Å². The van der Waals surface area contributed by atoms with Crippen LogP contribution in [0.1, 0.15) is 28.0 Å². The van der Waals surface area contributed by atoms with E-state index in [2.05, 4.69) is 4.98 Å². The van der Waals surface area contributed by atoms with E-state index in [1.165, 1.54) is 0 Å². The summed E-state index contributed by atoms with van der Waals surface area (Å²) in [4.78, 5) is 13.2. The van der Waals surface area contributed by atoms with E-state index in [4.69, 9.17) is 0 Å². The Bertz CT molecular complexity index is 374. The molecule has 0 amide bonds. The molecule has 15 heavy (non-hydrogen) atoms. The first-order valence-electron chi connectivity index (χ1n) is 3.66. The lowest BCUT2D eigenvalue weighted by Crippen LogP contribution is -2.11. The Kier molecular flexibility index (Phi) is 3.01. The highest BCUT2D eigenvalue weighted by Crippen LogP contribution is 2.32. The third-order valence-corrected chi connectivity index (χ3v) is 1.61. The number of carbonyl (C=O) groups is 1. The zero-order chi connectivity index (χ0) is 11.6. The second kappa shape index (κ2) is 3.92. The zero-order valence-corrected chi connectivity index (χ0v) is 7.05. The molecule has 1 aromatic heterocycles. The Hall–Kier alpha value is -1.53. The molecule has 0 saturated carbocycles. The molecular formula is C8H4F5NO. The van der Waals surface area contributed by atoms with Crippen molar-refractivity contribution in [2.75, 3.05) is 0 Å². The van der Waals surface area contributed by atoms with Crippen molar-refractivity contribution >= 4 is 6.29 Å². The fourth-order valence-corrected chi connectivity index (χ4v) is 0.932. The van der Waals surface area contributed by atoms with Crippen molar-refractivity contribution < 1.29 is 26.7 Å². The second-order valence-corrected chi connectivity index (χ2v) is 2.62. The lowest BCUT2D eigenvalue weighted by molar-refractivity contribution is -0.138. The SMILES string of the molecule is O=Cc1ncc(C(F)F)cc1C(F)(F)F. The van der Waals surface area contributed by atoms with E-state index in [0.29, 0.717) is 6.20 Å². The number of alkyl halides is 5. The number of rotatable bonds is 2. The van der Waals surface area contributed by atoms with Crippen LogP contribution in [-0.2, 0) is 6.18 Å². The van der Waals surface area contributed by atoms with Gasteiger partial charge in [-0.1, -0.05) is 0 Å². The highest BCUT2D eigenvalue weighted by atomic mass is 19.4. The first-order valence-corrected chi connectivity index (χ1v) is 3.66. The molecule has 0 atom stereocenters. The summed E-state index contributed by atoms with van der Waals surface area (Å²) in [6.45, 7) is 0. The summed E-state index contributed by atoms with van der Waals surface area (Å²) in [5.74, 6) is 0. The van der Waals surface area contributed by atoms with E-state index < -0.39 is 29.4 Å². The van der Waals surface area contributed by atoms with Gasteiger partial charge in [0.1, 0.15) is 5.69 Å². The Balaban J connectivity index is 3.32. The number of hydrogen-bond donors (Lipinski definition) is 0. The van der Waals surface area contributed by atoms with E-state index in [1.54, 1.807) is 0 Å². The number of halogens is 5. The van der Waals surface area contributed by atoms with Gasteiger partial charge in [0.25, 0.3) is 6.43 Å². The molecule has 0 saturated heterocycles. The third kappa shape index (κ3) is 2.48. The smallest absolute Gasteiger partial charge is 0.296 e. The Labute approximate surface area is 80.7 Å². The summed E-state index contributed by atoms with van der Waals surface area (Å²) >= 11 is 0. The van der Waals surface area contributed by atoms with Crippen LogP contribution in [0.25, 0.3) is 0 Å². The number of carbonyl (C=O) groups excluding carboxylic acids is 1. The van der Waals surface area contributed by atoms with Crippen LogP contribution in [0.4, 0.5) is 22.0 Å². The third-order valence-electron chi connectivity index (χ3n) is 1.61. The Morgan fingerprint density at radius 1 is 1.33 bits per heavy atom. The Morgan fingerprint density at radius 3 is 2.33 bits per heavy atom. The summed E-state index contributed by atoms with van der Waals surface area (Å²) < 4.78 is 60.9. The van der Waals surface area contributed by atoms with Gasteiger partial charge in [-0.15, -0.1) is 0 Å². The number of aromatic nitrogens is 1. The standard InChI is InChI=1S/C8H4F5NO/c9-7(10)4-1-5(8(11,12)13)6(3-15)14-2-4/h1-3,7H. The van der Waals surface area contributed by atoms with Crippen LogP contribution in [0.15, 0.2) is 12.3 Å². The first kappa shape index (κ1) is 11.5. The maximum atomic E-state index is 12.2. The number of nitrogens with zero attached hydrogens (tertiary/aromatic N) is 1. The quantitative estimate of drug-likeness (QED) is 0.572. The first-order chi connectivity index (χ1) is 6.86. The molecule has 1 rings (SSSR count). The molecule has 0 aliphatic rings. The molecule has 1 aromatic rings. The molecule has 2 nitrogen and oxygen atoms in total. The van der Waals surface area contributed by atoms with Crippen LogP contribution < -0.4 is 0 Å². The zero-order valence-electron chi connectivity index (χ0n) is 7.05. The second-order valence-electron chi connectivity index (χ2n) is 2.62. The van der Waals surface area contributed by atoms with E-state index in [0.717, 1.165) is 0 Å². The van der Waals surface area contributed by atoms with Crippen LogP contribution >= 0.6 is 0 Å². The summed E-state index contributed by atoms with van der Waals surface area (Å²) in [7, 11) is 0. The van der Waals surface area contributed by atoms with E-state index in [9.17, 15) is 26.7 Å². The van der Waals surface area contributed by atoms with Gasteiger partial charge in [-0.3, -0.25) is 9.78 Å². The van der Waals surface area contributed by atoms with Crippen molar-refractivity contribution in [3.8, 4) is 0 Å². The molecule has 0 unspecified atom stereocenters.